The zero-order valence-electron chi connectivity index (χ0n) is 8.17. The van der Waals surface area contributed by atoms with Gasteiger partial charge in [-0.05, 0) is 37.1 Å². The van der Waals surface area contributed by atoms with E-state index in [0.717, 1.165) is 5.56 Å². The molecule has 0 radical (unpaired) electrons. The van der Waals surface area contributed by atoms with Crippen LogP contribution in [0.4, 0.5) is 0 Å². The molecule has 0 bridgehead atoms. The van der Waals surface area contributed by atoms with E-state index in [9.17, 15) is 8.42 Å². The van der Waals surface area contributed by atoms with Crippen molar-refractivity contribution >= 4 is 19.7 Å². The summed E-state index contributed by atoms with van der Waals surface area (Å²) in [7, 11) is 3.14. The van der Waals surface area contributed by atoms with E-state index in [-0.39, 0.29) is 4.90 Å². The maximum Gasteiger partial charge on any atom is 0.261 e. The fraction of sp³-hybridized carbons (Fsp3) is 0.333. The van der Waals surface area contributed by atoms with Crippen LogP contribution in [-0.4, -0.2) is 15.5 Å². The molecule has 5 heteroatoms. The maximum absolute atomic E-state index is 11.1. The van der Waals surface area contributed by atoms with Crippen LogP contribution in [0.2, 0.25) is 0 Å². The number of halogens is 1. The Labute approximate surface area is 88.1 Å². The molecule has 0 aromatic heterocycles. The summed E-state index contributed by atoms with van der Waals surface area (Å²) >= 11 is 0. The Morgan fingerprint density at radius 1 is 1.21 bits per heavy atom. The lowest BCUT2D eigenvalue weighted by Gasteiger charge is -2.08. The summed E-state index contributed by atoms with van der Waals surface area (Å²) in [6.07, 6.45) is 0. The minimum atomic E-state index is -3.66. The highest BCUT2D eigenvalue weighted by atomic mass is 35.7. The van der Waals surface area contributed by atoms with Crippen LogP contribution in [-0.2, 0) is 9.05 Å². The SMILES string of the molecule is COc1cc(C)c(S(=O)(=O)Cl)cc1C. The van der Waals surface area contributed by atoms with Crippen molar-refractivity contribution in [3.05, 3.63) is 23.3 Å². The van der Waals surface area contributed by atoms with Crippen molar-refractivity contribution in [3.8, 4) is 5.75 Å². The van der Waals surface area contributed by atoms with Gasteiger partial charge in [0, 0.05) is 10.7 Å². The number of benzene rings is 1. The minimum Gasteiger partial charge on any atom is -0.496 e. The van der Waals surface area contributed by atoms with Crippen molar-refractivity contribution in [1.29, 1.82) is 0 Å². The molecule has 3 nitrogen and oxygen atoms in total. The first-order valence-corrected chi connectivity index (χ1v) is 6.27. The van der Waals surface area contributed by atoms with Crippen LogP contribution in [0, 0.1) is 13.8 Å². The summed E-state index contributed by atoms with van der Waals surface area (Å²) in [6, 6.07) is 3.17. The number of aryl methyl sites for hydroxylation is 2. The van der Waals surface area contributed by atoms with Gasteiger partial charge < -0.3 is 4.74 Å². The lowest BCUT2D eigenvalue weighted by Crippen LogP contribution is -1.97. The second-order valence-corrected chi connectivity index (χ2v) is 5.56. The summed E-state index contributed by atoms with van der Waals surface area (Å²) < 4.78 is 27.3. The first-order chi connectivity index (χ1) is 6.36. The molecule has 14 heavy (non-hydrogen) atoms. The average Bonchev–Trinajstić information content (AvgIpc) is 2.06. The largest absolute Gasteiger partial charge is 0.496 e. The molecule has 0 unspecified atom stereocenters. The normalized spacial score (nSPS) is 11.4. The van der Waals surface area contributed by atoms with Crippen molar-refractivity contribution in [2.45, 2.75) is 18.7 Å². The number of rotatable bonds is 2. The lowest BCUT2D eigenvalue weighted by molar-refractivity contribution is 0.411. The van der Waals surface area contributed by atoms with Crippen LogP contribution < -0.4 is 4.74 Å². The van der Waals surface area contributed by atoms with Gasteiger partial charge in [-0.3, -0.25) is 0 Å². The predicted molar refractivity (Wildman–Crippen MR) is 55.5 cm³/mol. The second kappa shape index (κ2) is 3.79. The highest BCUT2D eigenvalue weighted by molar-refractivity contribution is 8.13. The van der Waals surface area contributed by atoms with E-state index in [0.29, 0.717) is 11.3 Å². The van der Waals surface area contributed by atoms with Gasteiger partial charge in [0.25, 0.3) is 9.05 Å². The quantitative estimate of drug-likeness (QED) is 0.738. The molecule has 0 atom stereocenters. The molecule has 1 rings (SSSR count). The van der Waals surface area contributed by atoms with Crippen LogP contribution in [0.5, 0.6) is 5.75 Å². The first-order valence-electron chi connectivity index (χ1n) is 3.96. The molecule has 0 N–H and O–H groups in total. The topological polar surface area (TPSA) is 43.4 Å². The Hall–Kier alpha value is -0.740. The third-order valence-electron chi connectivity index (χ3n) is 1.96. The van der Waals surface area contributed by atoms with Crippen molar-refractivity contribution < 1.29 is 13.2 Å². The van der Waals surface area contributed by atoms with Gasteiger partial charge in [0.05, 0.1) is 12.0 Å². The molecule has 78 valence electrons. The fourth-order valence-electron chi connectivity index (χ4n) is 1.25. The van der Waals surface area contributed by atoms with Gasteiger partial charge in [-0.25, -0.2) is 8.42 Å². The standard InChI is InChI=1S/C9H11ClO3S/c1-6-5-9(14(10,11)12)7(2)4-8(6)13-3/h4-5H,1-3H3. The Bertz CT molecular complexity index is 451. The van der Waals surface area contributed by atoms with E-state index in [2.05, 4.69) is 0 Å². The molecule has 0 saturated carbocycles. The van der Waals surface area contributed by atoms with Crippen molar-refractivity contribution in [2.75, 3.05) is 7.11 Å². The van der Waals surface area contributed by atoms with E-state index in [1.165, 1.54) is 13.2 Å². The van der Waals surface area contributed by atoms with E-state index >= 15 is 0 Å². The van der Waals surface area contributed by atoms with Crippen LogP contribution in [0.15, 0.2) is 17.0 Å². The van der Waals surface area contributed by atoms with E-state index in [4.69, 9.17) is 15.4 Å². The monoisotopic (exact) mass is 234 g/mol. The molecule has 0 spiro atoms. The molecular weight excluding hydrogens is 224 g/mol. The minimum absolute atomic E-state index is 0.137. The summed E-state index contributed by atoms with van der Waals surface area (Å²) in [5.41, 5.74) is 1.33. The predicted octanol–water partition coefficient (Wildman–Crippen LogP) is 2.24. The smallest absolute Gasteiger partial charge is 0.261 e. The second-order valence-electron chi connectivity index (χ2n) is 3.03. The van der Waals surface area contributed by atoms with Crippen LogP contribution in [0.25, 0.3) is 0 Å². The Balaban J connectivity index is 3.44. The summed E-state index contributed by atoms with van der Waals surface area (Å²) in [5, 5.41) is 0. The van der Waals surface area contributed by atoms with Crippen molar-refractivity contribution in [2.24, 2.45) is 0 Å². The molecule has 0 heterocycles. The summed E-state index contributed by atoms with van der Waals surface area (Å²) in [5.74, 6) is 0.659. The highest BCUT2D eigenvalue weighted by Crippen LogP contribution is 2.27. The average molecular weight is 235 g/mol. The fourth-order valence-corrected chi connectivity index (χ4v) is 2.51. The zero-order chi connectivity index (χ0) is 10.9. The molecule has 1 aromatic carbocycles. The van der Waals surface area contributed by atoms with Gasteiger partial charge in [0.1, 0.15) is 5.75 Å². The summed E-state index contributed by atoms with van der Waals surface area (Å²) in [4.78, 5) is 0.137. The molecule has 0 aliphatic rings. The first kappa shape index (κ1) is 11.3. The van der Waals surface area contributed by atoms with Crippen molar-refractivity contribution in [1.82, 2.24) is 0 Å². The zero-order valence-corrected chi connectivity index (χ0v) is 9.74. The molecule has 0 aliphatic carbocycles. The molecule has 0 aliphatic heterocycles. The number of hydrogen-bond acceptors (Lipinski definition) is 3. The van der Waals surface area contributed by atoms with Gasteiger partial charge in [-0.1, -0.05) is 0 Å². The van der Waals surface area contributed by atoms with E-state index in [1.54, 1.807) is 19.9 Å². The highest BCUT2D eigenvalue weighted by Gasteiger charge is 2.15. The van der Waals surface area contributed by atoms with Gasteiger partial charge >= 0.3 is 0 Å². The number of methoxy groups -OCH3 is 1. The van der Waals surface area contributed by atoms with Crippen LogP contribution >= 0.6 is 10.7 Å². The number of ether oxygens (including phenoxy) is 1. The van der Waals surface area contributed by atoms with E-state index in [1.807, 2.05) is 0 Å². The van der Waals surface area contributed by atoms with Crippen LogP contribution in [0.3, 0.4) is 0 Å². The molecule has 1 aromatic rings. The van der Waals surface area contributed by atoms with E-state index < -0.39 is 9.05 Å². The number of hydrogen-bond donors (Lipinski definition) is 0. The lowest BCUT2D eigenvalue weighted by atomic mass is 10.1. The van der Waals surface area contributed by atoms with Crippen molar-refractivity contribution in [3.63, 3.8) is 0 Å². The Morgan fingerprint density at radius 3 is 2.21 bits per heavy atom. The van der Waals surface area contributed by atoms with Gasteiger partial charge in [-0.2, -0.15) is 0 Å². The Morgan fingerprint density at radius 2 is 1.79 bits per heavy atom. The molecule has 0 amide bonds. The summed E-state index contributed by atoms with van der Waals surface area (Å²) in [6.45, 7) is 3.45. The molecule has 0 fully saturated rings. The Kier molecular flexibility index (Phi) is 3.07. The maximum atomic E-state index is 11.1. The molecular formula is C9H11ClO3S. The third-order valence-corrected chi connectivity index (χ3v) is 3.42. The third kappa shape index (κ3) is 2.19. The molecule has 0 saturated heterocycles. The van der Waals surface area contributed by atoms with Gasteiger partial charge in [0.2, 0.25) is 0 Å². The van der Waals surface area contributed by atoms with Gasteiger partial charge in [0.15, 0.2) is 0 Å². The van der Waals surface area contributed by atoms with Crippen LogP contribution in [0.1, 0.15) is 11.1 Å². The van der Waals surface area contributed by atoms with Gasteiger partial charge in [-0.15, -0.1) is 0 Å².